The molecule has 0 aliphatic rings. The highest BCUT2D eigenvalue weighted by Crippen LogP contribution is 2.75. The predicted octanol–water partition coefficient (Wildman–Crippen LogP) is 12.9. The standard InChI is InChI=1S/C11HCl23O3S/c12-1(13,2(14,15)4(18,19)6(22,23)8(26,27)10(30,31)32)3(16,17)5(20,21)7(24,25)9(28,29)11(33,34)38(35,36)37/h(H,35,36,37). The highest BCUT2D eigenvalue weighted by atomic mass is 35.6. The van der Waals surface area contributed by atoms with Gasteiger partial charge in [-0.15, -0.1) is 0 Å². The van der Waals surface area contributed by atoms with Gasteiger partial charge in [0, 0.05) is 0 Å². The average Bonchev–Trinajstić information content (AvgIpc) is 2.64. The number of halogens is 23. The first-order valence-electron chi connectivity index (χ1n) is 7.57. The number of alkyl halides is 23. The maximum absolute atomic E-state index is 11.7. The third-order valence-corrected chi connectivity index (χ3v) is 22.2. The Labute approximate surface area is 331 Å². The van der Waals surface area contributed by atoms with E-state index in [0.717, 1.165) is 0 Å². The van der Waals surface area contributed by atoms with Crippen LogP contribution in [0.5, 0.6) is 0 Å². The van der Waals surface area contributed by atoms with Crippen molar-refractivity contribution in [3.8, 4) is 0 Å². The summed E-state index contributed by atoms with van der Waals surface area (Å²) in [5.74, 6) is 0. The molecule has 0 saturated heterocycles. The van der Waals surface area contributed by atoms with Crippen LogP contribution in [0.3, 0.4) is 0 Å². The molecule has 0 amide bonds. The van der Waals surface area contributed by atoms with Crippen molar-refractivity contribution in [1.29, 1.82) is 0 Å². The maximum atomic E-state index is 11.7. The summed E-state index contributed by atoms with van der Waals surface area (Å²) in [6.07, 6.45) is 0. The van der Waals surface area contributed by atoms with Crippen LogP contribution in [0.1, 0.15) is 0 Å². The normalized spacial score (nSPS) is 17.2. The van der Waals surface area contributed by atoms with Gasteiger partial charge >= 0.3 is 10.1 Å². The molecular formula is C11HCl23O3S. The van der Waals surface area contributed by atoms with Crippen LogP contribution < -0.4 is 0 Å². The van der Waals surface area contributed by atoms with Crippen LogP contribution in [0.15, 0.2) is 0 Å². The van der Waals surface area contributed by atoms with E-state index in [1.54, 1.807) is 0 Å². The molecule has 0 bridgehead atoms. The Morgan fingerprint density at radius 3 is 0.632 bits per heavy atom. The second-order valence-corrected chi connectivity index (χ2v) is 24.2. The summed E-state index contributed by atoms with van der Waals surface area (Å²) in [7, 11) is -5.65. The minimum Gasteiger partial charge on any atom is -0.283 e. The topological polar surface area (TPSA) is 54.4 Å². The minimum atomic E-state index is -5.65. The van der Waals surface area contributed by atoms with Crippen molar-refractivity contribution in [2.24, 2.45) is 0 Å². The SMILES string of the molecule is O=S(=O)(O)C(Cl)(Cl)C(Cl)(Cl)C(Cl)(Cl)C(Cl)(Cl)C(Cl)(Cl)C(Cl)(Cl)C(Cl)(Cl)C(Cl)(Cl)C(Cl)(Cl)C(Cl)(Cl)C(Cl)(Cl)Cl. The molecule has 0 aromatic heterocycles. The monoisotopic (exact) mass is 1020 g/mol. The van der Waals surface area contributed by atoms with Gasteiger partial charge in [0.2, 0.25) is 12.5 Å². The zero-order valence-corrected chi connectivity index (χ0v) is 34.1. The van der Waals surface area contributed by atoms with Crippen molar-refractivity contribution in [2.45, 2.75) is 46.5 Å². The summed E-state index contributed by atoms with van der Waals surface area (Å²) >= 11 is 139. The summed E-state index contributed by atoms with van der Waals surface area (Å²) in [5, 5.41) is 0. The lowest BCUT2D eigenvalue weighted by Gasteiger charge is -2.56. The summed E-state index contributed by atoms with van der Waals surface area (Å²) in [6, 6.07) is 0. The second kappa shape index (κ2) is 12.8. The first kappa shape index (κ1) is 44.6. The largest absolute Gasteiger partial charge is 0.302 e. The van der Waals surface area contributed by atoms with Crippen LogP contribution >= 0.6 is 267 Å². The Bertz CT molecular complexity index is 1000. The summed E-state index contributed by atoms with van der Waals surface area (Å²) in [4.78, 5) is 0. The van der Waals surface area contributed by atoms with Crippen molar-refractivity contribution in [2.75, 3.05) is 0 Å². The fourth-order valence-electron chi connectivity index (χ4n) is 1.90. The fraction of sp³-hybridized carbons (Fsp3) is 1.00. The van der Waals surface area contributed by atoms with Crippen molar-refractivity contribution in [3.63, 3.8) is 0 Å². The number of hydrogen-bond donors (Lipinski definition) is 1. The van der Waals surface area contributed by atoms with Crippen LogP contribution in [0.25, 0.3) is 0 Å². The van der Waals surface area contributed by atoms with Crippen LogP contribution in [0.2, 0.25) is 0 Å². The molecule has 3 nitrogen and oxygen atoms in total. The molecule has 0 atom stereocenters. The van der Waals surface area contributed by atoms with Crippen LogP contribution in [-0.2, 0) is 10.1 Å². The molecule has 38 heavy (non-hydrogen) atoms. The van der Waals surface area contributed by atoms with E-state index in [4.69, 9.17) is 267 Å². The van der Waals surface area contributed by atoms with Crippen molar-refractivity contribution in [3.05, 3.63) is 0 Å². The van der Waals surface area contributed by atoms with Crippen molar-refractivity contribution < 1.29 is 13.0 Å². The van der Waals surface area contributed by atoms with Crippen molar-refractivity contribution in [1.82, 2.24) is 0 Å². The van der Waals surface area contributed by atoms with Gasteiger partial charge in [-0.2, -0.15) is 8.42 Å². The predicted molar refractivity (Wildman–Crippen MR) is 176 cm³/mol. The van der Waals surface area contributed by atoms with Gasteiger partial charge in [-0.05, 0) is 0 Å². The average molecular weight is 1030 g/mol. The van der Waals surface area contributed by atoms with E-state index in [1.807, 2.05) is 0 Å². The molecule has 0 aliphatic heterocycles. The lowest BCUT2D eigenvalue weighted by Crippen LogP contribution is -2.73. The Balaban J connectivity index is 7.34. The summed E-state index contributed by atoms with van der Waals surface area (Å²) in [6.45, 7) is 0. The smallest absolute Gasteiger partial charge is 0.283 e. The number of hydrogen-bond acceptors (Lipinski definition) is 2. The Hall–Kier alpha value is 6.58. The Morgan fingerprint density at radius 1 is 0.316 bits per heavy atom. The van der Waals surface area contributed by atoms with Gasteiger partial charge in [-0.3, -0.25) is 4.55 Å². The highest BCUT2D eigenvalue weighted by molar-refractivity contribution is 7.90. The van der Waals surface area contributed by atoms with Gasteiger partial charge in [0.05, 0.1) is 0 Å². The Morgan fingerprint density at radius 2 is 0.474 bits per heavy atom. The molecule has 27 heteroatoms. The zero-order chi connectivity index (χ0) is 32.0. The van der Waals surface area contributed by atoms with Gasteiger partial charge in [0.15, 0.2) is 30.3 Å². The van der Waals surface area contributed by atoms with E-state index in [-0.39, 0.29) is 0 Å². The third-order valence-electron chi connectivity index (χ3n) is 4.20. The van der Waals surface area contributed by atoms with E-state index in [2.05, 4.69) is 0 Å². The third kappa shape index (κ3) is 6.60. The summed E-state index contributed by atoms with van der Waals surface area (Å²) < 4.78 is -4.28. The highest BCUT2D eigenvalue weighted by Gasteiger charge is 2.85. The van der Waals surface area contributed by atoms with Crippen molar-refractivity contribution >= 4 is 277 Å². The number of rotatable bonds is 10. The molecule has 0 rings (SSSR count). The maximum Gasteiger partial charge on any atom is 0.302 e. The first-order chi connectivity index (χ1) is 15.8. The molecule has 0 aromatic rings. The molecular weight excluding hydrogens is 1030 g/mol. The lowest BCUT2D eigenvalue weighted by molar-refractivity contribution is 0.419. The Kier molecular flexibility index (Phi) is 15.0. The van der Waals surface area contributed by atoms with E-state index in [0.29, 0.717) is 0 Å². The molecule has 1 N–H and O–H groups in total. The van der Waals surface area contributed by atoms with Gasteiger partial charge in [0.25, 0.3) is 3.67 Å². The first-order valence-corrected chi connectivity index (χ1v) is 17.7. The lowest BCUT2D eigenvalue weighted by atomic mass is 10.0. The molecule has 0 unspecified atom stereocenters. The molecule has 0 saturated carbocycles. The van der Waals surface area contributed by atoms with Gasteiger partial charge in [-0.1, -0.05) is 267 Å². The van der Waals surface area contributed by atoms with Gasteiger partial charge in [-0.25, -0.2) is 0 Å². The van der Waals surface area contributed by atoms with Gasteiger partial charge in [0.1, 0.15) is 0 Å². The molecule has 0 heterocycles. The van der Waals surface area contributed by atoms with Crippen LogP contribution in [0.4, 0.5) is 0 Å². The van der Waals surface area contributed by atoms with E-state index >= 15 is 0 Å². The molecule has 0 spiro atoms. The molecule has 0 aliphatic carbocycles. The molecule has 0 aromatic carbocycles. The summed E-state index contributed by atoms with van der Waals surface area (Å²) in [5.41, 5.74) is 0. The molecule has 230 valence electrons. The van der Waals surface area contributed by atoms with Gasteiger partial charge < -0.3 is 0 Å². The fourth-order valence-corrected chi connectivity index (χ4v) is 10.2. The van der Waals surface area contributed by atoms with E-state index in [1.165, 1.54) is 0 Å². The molecule has 0 radical (unpaired) electrons. The van der Waals surface area contributed by atoms with Crippen LogP contribution in [0, 0.1) is 0 Å². The zero-order valence-electron chi connectivity index (χ0n) is 15.9. The quantitative estimate of drug-likeness (QED) is 0.175. The van der Waals surface area contributed by atoms with Crippen LogP contribution in [-0.4, -0.2) is 59.4 Å². The van der Waals surface area contributed by atoms with E-state index in [9.17, 15) is 13.0 Å². The second-order valence-electron chi connectivity index (χ2n) is 6.66. The van der Waals surface area contributed by atoms with E-state index < -0.39 is 56.6 Å². The minimum absolute atomic E-state index is 2.79. The molecule has 0 fully saturated rings.